The lowest BCUT2D eigenvalue weighted by Gasteiger charge is -2.27. The van der Waals surface area contributed by atoms with Gasteiger partial charge in [0.15, 0.2) is 23.1 Å². The van der Waals surface area contributed by atoms with Crippen molar-refractivity contribution in [2.45, 2.75) is 19.5 Å². The number of aromatic nitrogens is 2. The van der Waals surface area contributed by atoms with Gasteiger partial charge in [-0.3, -0.25) is 4.79 Å². The number of amides is 1. The zero-order chi connectivity index (χ0) is 16.7. The fourth-order valence-corrected chi connectivity index (χ4v) is 2.78. The van der Waals surface area contributed by atoms with Crippen LogP contribution in [0.15, 0.2) is 24.5 Å². The van der Waals surface area contributed by atoms with E-state index in [-0.39, 0.29) is 18.7 Å². The number of carbonyl (C=O) groups is 1. The number of anilines is 3. The molecule has 2 aromatic rings. The van der Waals surface area contributed by atoms with Gasteiger partial charge in [-0.15, -0.1) is 0 Å². The monoisotopic (exact) mass is 327 g/mol. The lowest BCUT2D eigenvalue weighted by Crippen LogP contribution is -2.38. The fraction of sp³-hybridized carbons (Fsp3) is 0.312. The van der Waals surface area contributed by atoms with Gasteiger partial charge in [-0.25, -0.2) is 9.97 Å². The minimum absolute atomic E-state index is 0.102. The first-order valence-corrected chi connectivity index (χ1v) is 7.64. The molecule has 0 fully saturated rings. The van der Waals surface area contributed by atoms with Crippen LogP contribution in [0, 0.1) is 0 Å². The molecule has 1 atom stereocenters. The molecule has 0 radical (unpaired) electrons. The van der Waals surface area contributed by atoms with E-state index in [0.717, 1.165) is 17.1 Å². The zero-order valence-electron chi connectivity index (χ0n) is 13.4. The average molecular weight is 327 g/mol. The van der Waals surface area contributed by atoms with E-state index in [0.29, 0.717) is 23.9 Å². The van der Waals surface area contributed by atoms with E-state index in [2.05, 4.69) is 20.6 Å². The third-order valence-electron chi connectivity index (χ3n) is 4.04. The molecule has 2 aliphatic heterocycles. The van der Waals surface area contributed by atoms with Crippen molar-refractivity contribution >= 4 is 23.2 Å². The Kier molecular flexibility index (Phi) is 3.37. The summed E-state index contributed by atoms with van der Waals surface area (Å²) in [7, 11) is 1.91. The smallest absolute Gasteiger partial charge is 0.246 e. The lowest BCUT2D eigenvalue weighted by atomic mass is 10.2. The maximum absolute atomic E-state index is 11.9. The van der Waals surface area contributed by atoms with Crippen molar-refractivity contribution in [3.8, 4) is 11.5 Å². The van der Waals surface area contributed by atoms with Crippen LogP contribution < -0.4 is 25.0 Å². The molecule has 0 bridgehead atoms. The quantitative estimate of drug-likeness (QED) is 0.885. The Morgan fingerprint density at radius 3 is 3.00 bits per heavy atom. The van der Waals surface area contributed by atoms with E-state index in [1.54, 1.807) is 6.92 Å². The highest BCUT2D eigenvalue weighted by atomic mass is 16.7. The third-order valence-corrected chi connectivity index (χ3v) is 4.04. The molecule has 2 N–H and O–H groups in total. The average Bonchev–Trinajstić information content (AvgIpc) is 3.03. The summed E-state index contributed by atoms with van der Waals surface area (Å²) in [5.74, 6) is 2.69. The molecular weight excluding hydrogens is 310 g/mol. The van der Waals surface area contributed by atoms with Gasteiger partial charge in [0.1, 0.15) is 18.1 Å². The predicted molar refractivity (Wildman–Crippen MR) is 88.4 cm³/mol. The highest BCUT2D eigenvalue weighted by Crippen LogP contribution is 2.35. The van der Waals surface area contributed by atoms with E-state index in [1.165, 1.54) is 6.33 Å². The third kappa shape index (κ3) is 2.45. The first-order valence-electron chi connectivity index (χ1n) is 7.64. The number of hydrogen-bond acceptors (Lipinski definition) is 7. The summed E-state index contributed by atoms with van der Waals surface area (Å²) >= 11 is 0. The molecule has 0 saturated heterocycles. The Morgan fingerprint density at radius 2 is 2.12 bits per heavy atom. The van der Waals surface area contributed by atoms with E-state index < -0.39 is 0 Å². The van der Waals surface area contributed by atoms with Gasteiger partial charge in [0.05, 0.1) is 0 Å². The van der Waals surface area contributed by atoms with Gasteiger partial charge in [-0.2, -0.15) is 0 Å². The molecule has 24 heavy (non-hydrogen) atoms. The first kappa shape index (κ1) is 14.6. The molecule has 2 aliphatic rings. The number of rotatable bonds is 3. The molecular formula is C16H17N5O3. The summed E-state index contributed by atoms with van der Waals surface area (Å²) < 4.78 is 10.7. The van der Waals surface area contributed by atoms with E-state index >= 15 is 0 Å². The van der Waals surface area contributed by atoms with Crippen LogP contribution in [0.25, 0.3) is 0 Å². The molecule has 1 unspecified atom stereocenters. The summed E-state index contributed by atoms with van der Waals surface area (Å²) in [6.45, 7) is 2.64. The van der Waals surface area contributed by atoms with Gasteiger partial charge in [-0.05, 0) is 24.6 Å². The highest BCUT2D eigenvalue weighted by Gasteiger charge is 2.26. The molecule has 8 nitrogen and oxygen atoms in total. The van der Waals surface area contributed by atoms with Crippen molar-refractivity contribution in [3.63, 3.8) is 0 Å². The van der Waals surface area contributed by atoms with Crippen LogP contribution in [0.5, 0.6) is 11.5 Å². The van der Waals surface area contributed by atoms with Crippen molar-refractivity contribution in [1.82, 2.24) is 9.97 Å². The van der Waals surface area contributed by atoms with Crippen molar-refractivity contribution in [2.75, 3.05) is 29.4 Å². The number of benzene rings is 1. The summed E-state index contributed by atoms with van der Waals surface area (Å²) in [6.07, 6.45) is 1.49. The van der Waals surface area contributed by atoms with Crippen LogP contribution >= 0.6 is 0 Å². The summed E-state index contributed by atoms with van der Waals surface area (Å²) in [5.41, 5.74) is 1.65. The van der Waals surface area contributed by atoms with Crippen molar-refractivity contribution in [3.05, 3.63) is 30.1 Å². The maximum Gasteiger partial charge on any atom is 0.246 e. The van der Waals surface area contributed by atoms with Crippen LogP contribution in [0.1, 0.15) is 12.5 Å². The van der Waals surface area contributed by atoms with Gasteiger partial charge in [0.25, 0.3) is 0 Å². The molecule has 124 valence electrons. The van der Waals surface area contributed by atoms with Crippen LogP contribution in [0.3, 0.4) is 0 Å². The Labute approximate surface area is 138 Å². The molecule has 0 aliphatic carbocycles. The SMILES string of the molecule is CC1Nc2ncnc(N(C)Cc3ccc4c(c3)OCO4)c2NC1=O. The topological polar surface area (TPSA) is 88.6 Å². The first-order chi connectivity index (χ1) is 11.6. The van der Waals surface area contributed by atoms with Gasteiger partial charge in [-0.1, -0.05) is 6.07 Å². The summed E-state index contributed by atoms with van der Waals surface area (Å²) in [6, 6.07) is 5.51. The van der Waals surface area contributed by atoms with Gasteiger partial charge < -0.3 is 25.0 Å². The predicted octanol–water partition coefficient (Wildman–Crippen LogP) is 1.59. The number of nitrogens with one attached hydrogen (secondary N) is 2. The Balaban J connectivity index is 1.60. The zero-order valence-corrected chi connectivity index (χ0v) is 13.4. The van der Waals surface area contributed by atoms with Crippen molar-refractivity contribution < 1.29 is 14.3 Å². The van der Waals surface area contributed by atoms with Gasteiger partial charge in [0.2, 0.25) is 12.7 Å². The number of carbonyl (C=O) groups excluding carboxylic acids is 1. The van der Waals surface area contributed by atoms with Gasteiger partial charge in [0, 0.05) is 13.6 Å². The standard InChI is InChI=1S/C16H17N5O3/c1-9-16(22)20-13-14(19-9)17-7-18-15(13)21(2)6-10-3-4-11-12(5-10)24-8-23-11/h3-5,7,9H,6,8H2,1-2H3,(H,20,22)(H,17,18,19). The van der Waals surface area contributed by atoms with E-state index in [1.807, 2.05) is 30.1 Å². The molecule has 1 aromatic carbocycles. The van der Waals surface area contributed by atoms with Crippen LogP contribution in [0.4, 0.5) is 17.3 Å². The second kappa shape index (κ2) is 5.55. The number of nitrogens with zero attached hydrogens (tertiary/aromatic N) is 3. The second-order valence-corrected chi connectivity index (χ2v) is 5.82. The van der Waals surface area contributed by atoms with Crippen LogP contribution in [-0.4, -0.2) is 35.8 Å². The number of fused-ring (bicyclic) bond motifs is 2. The Morgan fingerprint density at radius 1 is 1.29 bits per heavy atom. The largest absolute Gasteiger partial charge is 0.454 e. The van der Waals surface area contributed by atoms with E-state index in [4.69, 9.17) is 9.47 Å². The Hall–Kier alpha value is -3.03. The maximum atomic E-state index is 11.9. The molecule has 0 spiro atoms. The summed E-state index contributed by atoms with van der Waals surface area (Å²) in [4.78, 5) is 22.4. The molecule has 4 rings (SSSR count). The van der Waals surface area contributed by atoms with Crippen molar-refractivity contribution in [2.24, 2.45) is 0 Å². The van der Waals surface area contributed by atoms with Crippen molar-refractivity contribution in [1.29, 1.82) is 0 Å². The molecule has 1 aromatic heterocycles. The Bertz CT molecular complexity index is 810. The normalized spacial score (nSPS) is 17.8. The van der Waals surface area contributed by atoms with Crippen LogP contribution in [0.2, 0.25) is 0 Å². The molecule has 3 heterocycles. The van der Waals surface area contributed by atoms with Crippen LogP contribution in [-0.2, 0) is 11.3 Å². The number of hydrogen-bond donors (Lipinski definition) is 2. The molecule has 0 saturated carbocycles. The van der Waals surface area contributed by atoms with E-state index in [9.17, 15) is 4.79 Å². The summed E-state index contributed by atoms with van der Waals surface area (Å²) in [5, 5.41) is 5.95. The minimum atomic E-state index is -0.320. The minimum Gasteiger partial charge on any atom is -0.454 e. The molecule has 8 heteroatoms. The second-order valence-electron chi connectivity index (χ2n) is 5.82. The highest BCUT2D eigenvalue weighted by molar-refractivity contribution is 6.04. The fourth-order valence-electron chi connectivity index (χ4n) is 2.78. The molecule has 1 amide bonds. The number of ether oxygens (including phenoxy) is 2. The van der Waals surface area contributed by atoms with Gasteiger partial charge >= 0.3 is 0 Å². The lowest BCUT2D eigenvalue weighted by molar-refractivity contribution is -0.116.